The summed E-state index contributed by atoms with van der Waals surface area (Å²) >= 11 is 1.81. The van der Waals surface area contributed by atoms with Crippen molar-refractivity contribution in [2.75, 3.05) is 17.2 Å². The van der Waals surface area contributed by atoms with Gasteiger partial charge in [-0.2, -0.15) is 0 Å². The second kappa shape index (κ2) is 5.94. The number of rotatable bonds is 1. The molecule has 6 heteroatoms. The van der Waals surface area contributed by atoms with Crippen LogP contribution in [-0.2, 0) is 0 Å². The molecule has 4 rings (SSSR count). The maximum Gasteiger partial charge on any atom is 0.259 e. The van der Waals surface area contributed by atoms with Crippen LogP contribution in [0, 0.1) is 12.8 Å². The largest absolute Gasteiger partial charge is 0.341 e. The third-order valence-corrected chi connectivity index (χ3v) is 5.51. The number of imidazole rings is 1. The van der Waals surface area contributed by atoms with Crippen molar-refractivity contribution in [3.8, 4) is 0 Å². The number of nitrogens with zero attached hydrogens (tertiary/aromatic N) is 3. The zero-order valence-corrected chi connectivity index (χ0v) is 14.4. The van der Waals surface area contributed by atoms with Gasteiger partial charge in [0.2, 0.25) is 0 Å². The first-order valence-electron chi connectivity index (χ1n) is 7.98. The summed E-state index contributed by atoms with van der Waals surface area (Å²) in [5.41, 5.74) is 3.01. The first-order valence-corrected chi connectivity index (χ1v) is 8.96. The lowest BCUT2D eigenvalue weighted by Crippen LogP contribution is -2.34. The van der Waals surface area contributed by atoms with Crippen molar-refractivity contribution in [2.45, 2.75) is 18.7 Å². The van der Waals surface area contributed by atoms with E-state index in [1.165, 1.54) is 0 Å². The number of aromatic nitrogens is 3. The topological polar surface area (TPSA) is 61.9 Å². The molecule has 0 spiro atoms. The molecule has 24 heavy (non-hydrogen) atoms. The van der Waals surface area contributed by atoms with Crippen molar-refractivity contribution in [3.05, 3.63) is 47.9 Å². The molecule has 122 valence electrons. The molecule has 0 saturated heterocycles. The summed E-state index contributed by atoms with van der Waals surface area (Å²) in [4.78, 5) is 28.0. The third-order valence-electron chi connectivity index (χ3n) is 4.12. The Labute approximate surface area is 144 Å². The fourth-order valence-corrected chi connectivity index (χ4v) is 4.05. The lowest BCUT2D eigenvalue weighted by Gasteiger charge is -2.24. The number of H-pyrrole nitrogens is 1. The number of aromatic amines is 1. The number of nitrogens with one attached hydrogen (secondary N) is 1. The molecular formula is C18H18N4OS. The molecule has 0 saturated carbocycles. The standard InChI is InChI=1S/C18H18N4OS/c1-11-9-22(15-5-3-4-6-16(15)24-10-11)18(23)13-7-14-17(19-8-13)21-12(2)20-14/h3-8,11H,9-10H2,1-2H3,(H,19,20,21). The second-order valence-corrected chi connectivity index (χ2v) is 7.28. The molecule has 1 amide bonds. The van der Waals surface area contributed by atoms with Gasteiger partial charge in [0, 0.05) is 23.4 Å². The number of fused-ring (bicyclic) bond motifs is 2. The van der Waals surface area contributed by atoms with Crippen molar-refractivity contribution in [1.82, 2.24) is 15.0 Å². The smallest absolute Gasteiger partial charge is 0.259 e. The molecule has 1 aliphatic rings. The Balaban J connectivity index is 1.76. The van der Waals surface area contributed by atoms with Crippen LogP contribution in [-0.4, -0.2) is 33.2 Å². The molecule has 1 unspecified atom stereocenters. The number of hydrogen-bond donors (Lipinski definition) is 1. The van der Waals surface area contributed by atoms with E-state index in [0.717, 1.165) is 27.7 Å². The van der Waals surface area contributed by atoms with Crippen molar-refractivity contribution >= 4 is 34.5 Å². The molecule has 0 bridgehead atoms. The highest BCUT2D eigenvalue weighted by molar-refractivity contribution is 7.99. The van der Waals surface area contributed by atoms with Gasteiger partial charge in [0.1, 0.15) is 5.82 Å². The molecule has 1 atom stereocenters. The summed E-state index contributed by atoms with van der Waals surface area (Å²) in [6.45, 7) is 4.77. The summed E-state index contributed by atoms with van der Waals surface area (Å²) in [5.74, 6) is 2.22. The van der Waals surface area contributed by atoms with E-state index in [9.17, 15) is 4.79 Å². The number of anilines is 1. The molecule has 1 N–H and O–H groups in total. The van der Waals surface area contributed by atoms with Crippen molar-refractivity contribution in [2.24, 2.45) is 5.92 Å². The summed E-state index contributed by atoms with van der Waals surface area (Å²) in [7, 11) is 0. The van der Waals surface area contributed by atoms with Gasteiger partial charge in [-0.15, -0.1) is 11.8 Å². The van der Waals surface area contributed by atoms with Gasteiger partial charge < -0.3 is 9.88 Å². The minimum Gasteiger partial charge on any atom is -0.341 e. The summed E-state index contributed by atoms with van der Waals surface area (Å²) in [6.07, 6.45) is 1.62. The maximum atomic E-state index is 13.2. The Morgan fingerprint density at radius 2 is 2.21 bits per heavy atom. The highest BCUT2D eigenvalue weighted by Crippen LogP contribution is 2.36. The highest BCUT2D eigenvalue weighted by Gasteiger charge is 2.26. The predicted octanol–water partition coefficient (Wildman–Crippen LogP) is 3.65. The van der Waals surface area contributed by atoms with Crippen LogP contribution in [0.2, 0.25) is 0 Å². The minimum absolute atomic E-state index is 0.0153. The Morgan fingerprint density at radius 3 is 3.08 bits per heavy atom. The van der Waals surface area contributed by atoms with Crippen LogP contribution in [0.4, 0.5) is 5.69 Å². The monoisotopic (exact) mass is 338 g/mol. The van der Waals surface area contributed by atoms with Crippen molar-refractivity contribution in [1.29, 1.82) is 0 Å². The molecular weight excluding hydrogens is 320 g/mol. The van der Waals surface area contributed by atoms with Gasteiger partial charge in [-0.25, -0.2) is 9.97 Å². The third kappa shape index (κ3) is 2.67. The SMILES string of the molecule is Cc1nc2ncc(C(=O)N3CC(C)CSc4ccccc43)cc2[nH]1. The van der Waals surface area contributed by atoms with Crippen LogP contribution in [0.15, 0.2) is 41.4 Å². The molecule has 3 heterocycles. The molecule has 3 aromatic rings. The molecule has 0 radical (unpaired) electrons. The maximum absolute atomic E-state index is 13.2. The number of benzene rings is 1. The number of pyridine rings is 1. The Morgan fingerprint density at radius 1 is 1.38 bits per heavy atom. The van der Waals surface area contributed by atoms with Crippen molar-refractivity contribution < 1.29 is 4.79 Å². The minimum atomic E-state index is -0.0153. The number of amides is 1. The number of thioether (sulfide) groups is 1. The van der Waals surface area contributed by atoms with Crippen LogP contribution in [0.3, 0.4) is 0 Å². The van der Waals surface area contributed by atoms with Gasteiger partial charge in [-0.3, -0.25) is 4.79 Å². The van der Waals surface area contributed by atoms with E-state index in [1.807, 2.05) is 47.9 Å². The van der Waals surface area contributed by atoms with E-state index < -0.39 is 0 Å². The first kappa shape index (κ1) is 15.2. The van der Waals surface area contributed by atoms with Gasteiger partial charge in [0.15, 0.2) is 5.65 Å². The average Bonchev–Trinajstić information content (AvgIpc) is 2.87. The first-order chi connectivity index (χ1) is 11.6. The van der Waals surface area contributed by atoms with E-state index in [1.54, 1.807) is 6.20 Å². The van der Waals surface area contributed by atoms with Gasteiger partial charge in [-0.1, -0.05) is 19.1 Å². The van der Waals surface area contributed by atoms with Crippen LogP contribution >= 0.6 is 11.8 Å². The number of carbonyl (C=O) groups is 1. The summed E-state index contributed by atoms with van der Waals surface area (Å²) in [6, 6.07) is 9.94. The van der Waals surface area contributed by atoms with Crippen LogP contribution in [0.5, 0.6) is 0 Å². The Bertz CT molecular complexity index is 920. The Hall–Kier alpha value is -2.34. The molecule has 1 aromatic carbocycles. The molecule has 0 fully saturated rings. The fourth-order valence-electron chi connectivity index (χ4n) is 2.98. The van der Waals surface area contributed by atoms with Gasteiger partial charge in [0.25, 0.3) is 5.91 Å². The van der Waals surface area contributed by atoms with Crippen LogP contribution < -0.4 is 4.90 Å². The lowest BCUT2D eigenvalue weighted by atomic mass is 10.1. The quantitative estimate of drug-likeness (QED) is 0.735. The van der Waals surface area contributed by atoms with E-state index in [2.05, 4.69) is 27.9 Å². The molecule has 2 aromatic heterocycles. The van der Waals surface area contributed by atoms with Crippen molar-refractivity contribution in [3.63, 3.8) is 0 Å². The van der Waals surface area contributed by atoms with E-state index in [-0.39, 0.29) is 5.91 Å². The lowest BCUT2D eigenvalue weighted by molar-refractivity contribution is 0.0983. The van der Waals surface area contributed by atoms with Gasteiger partial charge >= 0.3 is 0 Å². The van der Waals surface area contributed by atoms with Crippen LogP contribution in [0.25, 0.3) is 11.2 Å². The van der Waals surface area contributed by atoms with E-state index in [4.69, 9.17) is 0 Å². The number of carbonyl (C=O) groups excluding carboxylic acids is 1. The van der Waals surface area contributed by atoms with E-state index >= 15 is 0 Å². The summed E-state index contributed by atoms with van der Waals surface area (Å²) in [5, 5.41) is 0. The Kier molecular flexibility index (Phi) is 3.76. The molecule has 0 aliphatic carbocycles. The van der Waals surface area contributed by atoms with Gasteiger partial charge in [-0.05, 0) is 31.0 Å². The second-order valence-electron chi connectivity index (χ2n) is 6.22. The molecule has 1 aliphatic heterocycles. The highest BCUT2D eigenvalue weighted by atomic mass is 32.2. The molecule has 5 nitrogen and oxygen atoms in total. The number of hydrogen-bond acceptors (Lipinski definition) is 4. The summed E-state index contributed by atoms with van der Waals surface area (Å²) < 4.78 is 0. The zero-order chi connectivity index (χ0) is 16.7. The number of aryl methyl sites for hydroxylation is 1. The van der Waals surface area contributed by atoms with Crippen LogP contribution in [0.1, 0.15) is 23.1 Å². The number of para-hydroxylation sites is 1. The van der Waals surface area contributed by atoms with E-state index in [0.29, 0.717) is 23.7 Å². The van der Waals surface area contributed by atoms with Gasteiger partial charge in [0.05, 0.1) is 16.8 Å². The fraction of sp³-hybridized carbons (Fsp3) is 0.278. The predicted molar refractivity (Wildman–Crippen MR) is 96.6 cm³/mol. The normalized spacial score (nSPS) is 17.6. The zero-order valence-electron chi connectivity index (χ0n) is 13.6. The average molecular weight is 338 g/mol.